The molecule has 2 rings (SSSR count). The van der Waals surface area contributed by atoms with Gasteiger partial charge in [0.25, 0.3) is 0 Å². The van der Waals surface area contributed by atoms with E-state index in [4.69, 9.17) is 9.47 Å². The minimum absolute atomic E-state index is 0. The molecule has 1 aliphatic heterocycles. The Balaban J connectivity index is 0.00000338. The van der Waals surface area contributed by atoms with E-state index in [0.29, 0.717) is 19.7 Å². The Morgan fingerprint density at radius 1 is 1.23 bits per heavy atom. The molecule has 1 heterocycles. The largest absolute Gasteiger partial charge is 0.497 e. The number of methoxy groups -OCH3 is 1. The Labute approximate surface area is 172 Å². The second kappa shape index (κ2) is 11.8. The summed E-state index contributed by atoms with van der Waals surface area (Å²) in [6, 6.07) is 8.07. The summed E-state index contributed by atoms with van der Waals surface area (Å²) in [5.74, 6) is 1.74. The molecule has 0 atom stereocenters. The highest BCUT2D eigenvalue weighted by atomic mass is 127. The summed E-state index contributed by atoms with van der Waals surface area (Å²) in [5.41, 5.74) is 1.22. The molecule has 0 unspecified atom stereocenters. The van der Waals surface area contributed by atoms with Crippen molar-refractivity contribution in [2.45, 2.75) is 13.3 Å². The molecule has 1 aromatic rings. The second-order valence-electron chi connectivity index (χ2n) is 5.75. The smallest absolute Gasteiger partial charge is 0.409 e. The molecule has 146 valence electrons. The first-order valence-corrected chi connectivity index (χ1v) is 8.68. The lowest BCUT2D eigenvalue weighted by molar-refractivity contribution is 0.0915. The minimum Gasteiger partial charge on any atom is -0.497 e. The lowest BCUT2D eigenvalue weighted by Crippen LogP contribution is -2.54. The first-order valence-electron chi connectivity index (χ1n) is 8.68. The molecule has 1 N–H and O–H groups in total. The maximum atomic E-state index is 11.8. The molecule has 0 aromatic heterocycles. The van der Waals surface area contributed by atoms with Crippen LogP contribution in [0.25, 0.3) is 0 Å². The van der Waals surface area contributed by atoms with Crippen molar-refractivity contribution >= 4 is 36.0 Å². The first kappa shape index (κ1) is 22.3. The zero-order chi connectivity index (χ0) is 18.1. The van der Waals surface area contributed by atoms with Gasteiger partial charge in [-0.05, 0) is 31.0 Å². The minimum atomic E-state index is -0.233. The first-order chi connectivity index (χ1) is 12.2. The van der Waals surface area contributed by atoms with Crippen molar-refractivity contribution in [1.82, 2.24) is 15.1 Å². The molecule has 1 aromatic carbocycles. The molecule has 0 aliphatic carbocycles. The number of piperazine rings is 1. The standard InChI is InChI=1S/C18H28N4O3.HI/c1-4-25-18(23)22-12-10-21(11-13-22)17(19-2)20-9-8-15-6-5-7-16(14-15)24-3;/h5-7,14H,4,8-13H2,1-3H3,(H,19,20);1H. The van der Waals surface area contributed by atoms with Crippen LogP contribution in [-0.4, -0.2) is 75.3 Å². The second-order valence-corrected chi connectivity index (χ2v) is 5.75. The molecule has 26 heavy (non-hydrogen) atoms. The predicted octanol–water partition coefficient (Wildman–Crippen LogP) is 2.21. The van der Waals surface area contributed by atoms with Crippen LogP contribution in [0.2, 0.25) is 0 Å². The SMILES string of the molecule is CCOC(=O)N1CCN(C(=NC)NCCc2cccc(OC)c2)CC1.I. The van der Waals surface area contributed by atoms with E-state index in [2.05, 4.69) is 21.3 Å². The van der Waals surface area contributed by atoms with E-state index in [-0.39, 0.29) is 30.1 Å². The van der Waals surface area contributed by atoms with Gasteiger partial charge in [-0.2, -0.15) is 0 Å². The fraction of sp³-hybridized carbons (Fsp3) is 0.556. The molecule has 0 saturated carbocycles. The van der Waals surface area contributed by atoms with Crippen molar-refractivity contribution in [2.24, 2.45) is 4.99 Å². The summed E-state index contributed by atoms with van der Waals surface area (Å²) < 4.78 is 10.3. The van der Waals surface area contributed by atoms with Crippen LogP contribution in [0.15, 0.2) is 29.3 Å². The number of nitrogens with zero attached hydrogens (tertiary/aromatic N) is 3. The number of halogens is 1. The number of aliphatic imine (C=N–C) groups is 1. The number of ether oxygens (including phenoxy) is 2. The quantitative estimate of drug-likeness (QED) is 0.401. The number of benzene rings is 1. The molecule has 8 heteroatoms. The molecule has 0 spiro atoms. The fourth-order valence-corrected chi connectivity index (χ4v) is 2.79. The van der Waals surface area contributed by atoms with Crippen LogP contribution in [0.3, 0.4) is 0 Å². The van der Waals surface area contributed by atoms with Crippen LogP contribution in [0.1, 0.15) is 12.5 Å². The zero-order valence-corrected chi connectivity index (χ0v) is 18.1. The van der Waals surface area contributed by atoms with Gasteiger partial charge in [-0.15, -0.1) is 24.0 Å². The maximum absolute atomic E-state index is 11.8. The Morgan fingerprint density at radius 2 is 1.92 bits per heavy atom. The Kier molecular flexibility index (Phi) is 10.2. The van der Waals surface area contributed by atoms with Crippen LogP contribution < -0.4 is 10.1 Å². The van der Waals surface area contributed by atoms with Gasteiger partial charge in [-0.3, -0.25) is 4.99 Å². The number of rotatable bonds is 5. The number of hydrogen-bond donors (Lipinski definition) is 1. The average Bonchev–Trinajstić information content (AvgIpc) is 2.66. The third-order valence-corrected chi connectivity index (χ3v) is 4.15. The van der Waals surface area contributed by atoms with E-state index in [1.165, 1.54) is 5.56 Å². The number of guanidine groups is 1. The Hall–Kier alpha value is -1.71. The summed E-state index contributed by atoms with van der Waals surface area (Å²) >= 11 is 0. The highest BCUT2D eigenvalue weighted by Gasteiger charge is 2.23. The lowest BCUT2D eigenvalue weighted by Gasteiger charge is -2.35. The topological polar surface area (TPSA) is 66.4 Å². The van der Waals surface area contributed by atoms with Crippen molar-refractivity contribution in [3.8, 4) is 5.75 Å². The number of hydrogen-bond acceptors (Lipinski definition) is 4. The van der Waals surface area contributed by atoms with Crippen molar-refractivity contribution in [3.63, 3.8) is 0 Å². The van der Waals surface area contributed by atoms with E-state index in [9.17, 15) is 4.79 Å². The molecule has 1 aliphatic rings. The van der Waals surface area contributed by atoms with Gasteiger partial charge in [0.05, 0.1) is 13.7 Å². The third kappa shape index (κ3) is 6.54. The van der Waals surface area contributed by atoms with E-state index in [1.807, 2.05) is 25.1 Å². The van der Waals surface area contributed by atoms with E-state index >= 15 is 0 Å². The highest BCUT2D eigenvalue weighted by Crippen LogP contribution is 2.12. The van der Waals surface area contributed by atoms with Crippen molar-refractivity contribution in [3.05, 3.63) is 29.8 Å². The van der Waals surface area contributed by atoms with Gasteiger partial charge in [0.15, 0.2) is 5.96 Å². The lowest BCUT2D eigenvalue weighted by atomic mass is 10.1. The molecule has 0 radical (unpaired) electrons. The number of carbonyl (C=O) groups excluding carboxylic acids is 1. The van der Waals surface area contributed by atoms with E-state index in [1.54, 1.807) is 19.1 Å². The van der Waals surface area contributed by atoms with Crippen molar-refractivity contribution in [2.75, 3.05) is 53.5 Å². The van der Waals surface area contributed by atoms with Crippen LogP contribution in [0.5, 0.6) is 5.75 Å². The Bertz CT molecular complexity index is 590. The Morgan fingerprint density at radius 3 is 2.54 bits per heavy atom. The maximum Gasteiger partial charge on any atom is 0.409 e. The van der Waals surface area contributed by atoms with Gasteiger partial charge in [0.2, 0.25) is 0 Å². The number of amides is 1. The zero-order valence-electron chi connectivity index (χ0n) is 15.7. The molecule has 1 saturated heterocycles. The molecule has 7 nitrogen and oxygen atoms in total. The number of nitrogens with one attached hydrogen (secondary N) is 1. The normalized spacial score (nSPS) is 14.5. The van der Waals surface area contributed by atoms with Crippen LogP contribution >= 0.6 is 24.0 Å². The molecule has 0 bridgehead atoms. The van der Waals surface area contributed by atoms with Gasteiger partial charge in [-0.1, -0.05) is 12.1 Å². The number of carbonyl (C=O) groups is 1. The predicted molar refractivity (Wildman–Crippen MR) is 114 cm³/mol. The summed E-state index contributed by atoms with van der Waals surface area (Å²) in [6.07, 6.45) is 0.655. The van der Waals surface area contributed by atoms with E-state index < -0.39 is 0 Å². The summed E-state index contributed by atoms with van der Waals surface area (Å²) in [7, 11) is 3.46. The van der Waals surface area contributed by atoms with Gasteiger partial charge in [-0.25, -0.2) is 4.79 Å². The van der Waals surface area contributed by atoms with Crippen LogP contribution in [0.4, 0.5) is 4.79 Å². The summed E-state index contributed by atoms with van der Waals surface area (Å²) in [4.78, 5) is 20.0. The van der Waals surface area contributed by atoms with Crippen LogP contribution in [-0.2, 0) is 11.2 Å². The van der Waals surface area contributed by atoms with Crippen molar-refractivity contribution < 1.29 is 14.3 Å². The summed E-state index contributed by atoms with van der Waals surface area (Å²) in [6.45, 7) is 5.81. The molecule has 1 amide bonds. The van der Waals surface area contributed by atoms with Gasteiger partial charge in [0, 0.05) is 39.8 Å². The van der Waals surface area contributed by atoms with Gasteiger partial charge in [0.1, 0.15) is 5.75 Å². The van der Waals surface area contributed by atoms with Gasteiger partial charge < -0.3 is 24.6 Å². The fourth-order valence-electron chi connectivity index (χ4n) is 2.79. The molecular weight excluding hydrogens is 447 g/mol. The van der Waals surface area contributed by atoms with Crippen molar-refractivity contribution in [1.29, 1.82) is 0 Å². The average molecular weight is 476 g/mol. The summed E-state index contributed by atoms with van der Waals surface area (Å²) in [5, 5.41) is 3.39. The monoisotopic (exact) mass is 476 g/mol. The molecule has 1 fully saturated rings. The highest BCUT2D eigenvalue weighted by molar-refractivity contribution is 14.0. The molecular formula is C18H29IN4O3. The van der Waals surface area contributed by atoms with Gasteiger partial charge >= 0.3 is 6.09 Å². The van der Waals surface area contributed by atoms with E-state index in [0.717, 1.165) is 37.8 Å². The van der Waals surface area contributed by atoms with Crippen LogP contribution in [0, 0.1) is 0 Å². The third-order valence-electron chi connectivity index (χ3n) is 4.15.